The lowest BCUT2D eigenvalue weighted by Gasteiger charge is -2.15. The summed E-state index contributed by atoms with van der Waals surface area (Å²) in [5.74, 6) is -0.319. The highest BCUT2D eigenvalue weighted by molar-refractivity contribution is 7.90. The molecule has 3 aromatic rings. The number of aryl methyl sites for hydroxylation is 2. The molecule has 6 nitrogen and oxygen atoms in total. The van der Waals surface area contributed by atoms with Crippen molar-refractivity contribution in [3.63, 3.8) is 0 Å². The molecule has 170 valence electrons. The number of nitrogens with zero attached hydrogens (tertiary/aromatic N) is 1. The van der Waals surface area contributed by atoms with E-state index in [-0.39, 0.29) is 18.0 Å². The van der Waals surface area contributed by atoms with Crippen LogP contribution in [0.1, 0.15) is 45.1 Å². The van der Waals surface area contributed by atoms with Crippen molar-refractivity contribution in [3.8, 4) is 6.07 Å². The minimum atomic E-state index is -3.57. The molecule has 0 spiro atoms. The summed E-state index contributed by atoms with van der Waals surface area (Å²) in [5, 5.41) is 11.6. The van der Waals surface area contributed by atoms with Crippen LogP contribution in [0.3, 0.4) is 0 Å². The van der Waals surface area contributed by atoms with Crippen LogP contribution in [-0.2, 0) is 23.0 Å². The van der Waals surface area contributed by atoms with Crippen molar-refractivity contribution in [3.05, 3.63) is 100 Å². The Kier molecular flexibility index (Phi) is 7.64. The molecule has 0 saturated carbocycles. The lowest BCUT2D eigenvalue weighted by atomic mass is 10.0. The van der Waals surface area contributed by atoms with Gasteiger partial charge in [0.15, 0.2) is 0 Å². The number of carbonyl (C=O) groups excluding carboxylic acids is 1. The number of nitrogens with one attached hydrogen (secondary N) is 2. The van der Waals surface area contributed by atoms with Gasteiger partial charge in [-0.2, -0.15) is 5.26 Å². The zero-order valence-corrected chi connectivity index (χ0v) is 19.7. The van der Waals surface area contributed by atoms with Crippen LogP contribution in [-0.4, -0.2) is 19.6 Å². The average molecular weight is 462 g/mol. The second-order valence-electron chi connectivity index (χ2n) is 8.11. The number of hydrogen-bond acceptors (Lipinski definition) is 4. The molecule has 0 heterocycles. The highest BCUT2D eigenvalue weighted by Crippen LogP contribution is 2.19. The van der Waals surface area contributed by atoms with E-state index in [2.05, 4.69) is 16.1 Å². The van der Waals surface area contributed by atoms with Gasteiger partial charge < -0.3 is 5.32 Å². The monoisotopic (exact) mass is 461 g/mol. The third-order valence-corrected chi connectivity index (χ3v) is 7.36. The Hall–Kier alpha value is -3.47. The molecule has 0 aliphatic rings. The molecule has 0 aromatic heterocycles. The molecule has 0 aliphatic heterocycles. The Morgan fingerprint density at radius 2 is 1.67 bits per heavy atom. The highest BCUT2D eigenvalue weighted by Gasteiger charge is 2.21. The molecule has 3 aromatic carbocycles. The van der Waals surface area contributed by atoms with Gasteiger partial charge in [0.2, 0.25) is 10.0 Å². The Morgan fingerprint density at radius 3 is 2.33 bits per heavy atom. The number of amides is 1. The molecule has 0 aliphatic carbocycles. The summed E-state index contributed by atoms with van der Waals surface area (Å²) >= 11 is 0. The molecule has 0 radical (unpaired) electrons. The molecule has 0 bridgehead atoms. The number of carbonyl (C=O) groups is 1. The molecule has 33 heavy (non-hydrogen) atoms. The zero-order chi connectivity index (χ0) is 24.0. The number of anilines is 1. The maximum atomic E-state index is 12.8. The van der Waals surface area contributed by atoms with E-state index in [1.165, 1.54) is 5.56 Å². The van der Waals surface area contributed by atoms with Gasteiger partial charge in [-0.15, -0.1) is 0 Å². The van der Waals surface area contributed by atoms with Gasteiger partial charge in [0, 0.05) is 12.1 Å². The van der Waals surface area contributed by atoms with Crippen molar-refractivity contribution >= 4 is 21.6 Å². The van der Waals surface area contributed by atoms with Crippen LogP contribution in [0, 0.1) is 25.2 Å². The maximum Gasteiger partial charge on any atom is 0.255 e. The number of hydrogen-bond donors (Lipinski definition) is 2. The molecule has 1 atom stereocenters. The van der Waals surface area contributed by atoms with Crippen LogP contribution < -0.4 is 10.0 Å². The highest BCUT2D eigenvalue weighted by atomic mass is 32.2. The van der Waals surface area contributed by atoms with Crippen LogP contribution in [0.4, 0.5) is 5.69 Å². The minimum absolute atomic E-state index is 0.0567. The molecule has 0 saturated heterocycles. The zero-order valence-electron chi connectivity index (χ0n) is 18.9. The summed E-state index contributed by atoms with van der Waals surface area (Å²) in [6.07, 6.45) is 0.407. The van der Waals surface area contributed by atoms with Crippen molar-refractivity contribution in [1.82, 2.24) is 4.72 Å². The molecule has 0 fully saturated rings. The van der Waals surface area contributed by atoms with E-state index in [0.29, 0.717) is 23.2 Å². The fraction of sp³-hybridized carbons (Fsp3) is 0.231. The van der Waals surface area contributed by atoms with Gasteiger partial charge in [-0.3, -0.25) is 4.79 Å². The van der Waals surface area contributed by atoms with E-state index >= 15 is 0 Å². The Balaban J connectivity index is 1.66. The summed E-state index contributed by atoms with van der Waals surface area (Å²) in [6, 6.07) is 21.6. The number of sulfonamides is 1. The molecule has 1 amide bonds. The molecular weight excluding hydrogens is 434 g/mol. The van der Waals surface area contributed by atoms with Crippen molar-refractivity contribution in [2.75, 3.05) is 5.32 Å². The lowest BCUT2D eigenvalue weighted by Crippen LogP contribution is -2.33. The first-order valence-corrected chi connectivity index (χ1v) is 12.2. The molecule has 7 heteroatoms. The fourth-order valence-electron chi connectivity index (χ4n) is 3.39. The molecular formula is C26H27N3O3S. The van der Waals surface area contributed by atoms with Gasteiger partial charge in [-0.05, 0) is 73.7 Å². The number of benzene rings is 3. The largest absolute Gasteiger partial charge is 0.321 e. The average Bonchev–Trinajstić information content (AvgIpc) is 2.81. The standard InChI is InChI=1S/C26H27N3O3S/c1-18-9-10-21(13-19(18)2)14-20(3)33(31,32)28-17-22-11-12-25(24(15-22)16-27)29-26(30)23-7-5-4-6-8-23/h4-13,15,20,28H,14,17H2,1-3H3,(H,29,30). The second kappa shape index (κ2) is 10.4. The summed E-state index contributed by atoms with van der Waals surface area (Å²) in [6.45, 7) is 5.77. The first-order valence-electron chi connectivity index (χ1n) is 10.6. The van der Waals surface area contributed by atoms with Crippen molar-refractivity contribution in [1.29, 1.82) is 5.26 Å². The molecule has 1 unspecified atom stereocenters. The smallest absolute Gasteiger partial charge is 0.255 e. The first-order chi connectivity index (χ1) is 15.7. The van der Waals surface area contributed by atoms with Gasteiger partial charge in [-0.25, -0.2) is 13.1 Å². The van der Waals surface area contributed by atoms with Crippen LogP contribution in [0.2, 0.25) is 0 Å². The third kappa shape index (κ3) is 6.28. The summed E-state index contributed by atoms with van der Waals surface area (Å²) < 4.78 is 28.1. The topological polar surface area (TPSA) is 99.1 Å². The van der Waals surface area contributed by atoms with Crippen molar-refractivity contribution in [2.24, 2.45) is 0 Å². The van der Waals surface area contributed by atoms with Crippen LogP contribution in [0.15, 0.2) is 66.7 Å². The second-order valence-corrected chi connectivity index (χ2v) is 10.3. The summed E-state index contributed by atoms with van der Waals surface area (Å²) in [4.78, 5) is 12.4. The van der Waals surface area contributed by atoms with E-state index in [4.69, 9.17) is 0 Å². The van der Waals surface area contributed by atoms with Crippen molar-refractivity contribution in [2.45, 2.75) is 39.0 Å². The van der Waals surface area contributed by atoms with Crippen LogP contribution in [0.25, 0.3) is 0 Å². The number of nitriles is 1. The van der Waals surface area contributed by atoms with E-state index in [9.17, 15) is 18.5 Å². The molecule has 3 rings (SSSR count). The SMILES string of the molecule is Cc1ccc(CC(C)S(=O)(=O)NCc2ccc(NC(=O)c3ccccc3)c(C#N)c2)cc1C. The van der Waals surface area contributed by atoms with Gasteiger partial charge in [0.1, 0.15) is 6.07 Å². The summed E-state index contributed by atoms with van der Waals surface area (Å²) in [5.41, 5.74) is 5.03. The molecule has 2 N–H and O–H groups in total. The van der Waals surface area contributed by atoms with E-state index in [0.717, 1.165) is 11.1 Å². The van der Waals surface area contributed by atoms with Gasteiger partial charge in [0.25, 0.3) is 5.91 Å². The van der Waals surface area contributed by atoms with Crippen LogP contribution in [0.5, 0.6) is 0 Å². The Bertz CT molecular complexity index is 1300. The lowest BCUT2D eigenvalue weighted by molar-refractivity contribution is 0.102. The van der Waals surface area contributed by atoms with Gasteiger partial charge in [0.05, 0.1) is 16.5 Å². The van der Waals surface area contributed by atoms with Crippen molar-refractivity contribution < 1.29 is 13.2 Å². The van der Waals surface area contributed by atoms with E-state index < -0.39 is 15.3 Å². The Labute approximate surface area is 195 Å². The minimum Gasteiger partial charge on any atom is -0.321 e. The van der Waals surface area contributed by atoms with E-state index in [1.54, 1.807) is 49.4 Å². The fourth-order valence-corrected chi connectivity index (χ4v) is 4.45. The predicted molar refractivity (Wildman–Crippen MR) is 130 cm³/mol. The van der Waals surface area contributed by atoms with Crippen LogP contribution >= 0.6 is 0 Å². The third-order valence-electron chi connectivity index (χ3n) is 5.59. The van der Waals surface area contributed by atoms with Gasteiger partial charge >= 0.3 is 0 Å². The normalized spacial score (nSPS) is 12.1. The summed E-state index contributed by atoms with van der Waals surface area (Å²) in [7, 11) is -3.57. The quantitative estimate of drug-likeness (QED) is 0.517. The van der Waals surface area contributed by atoms with Gasteiger partial charge in [-0.1, -0.05) is 42.5 Å². The number of rotatable bonds is 8. The Morgan fingerprint density at radius 1 is 0.970 bits per heavy atom. The van der Waals surface area contributed by atoms with E-state index in [1.807, 2.05) is 38.1 Å². The first kappa shape index (κ1) is 24.2. The predicted octanol–water partition coefficient (Wildman–Crippen LogP) is 4.48. The maximum absolute atomic E-state index is 12.8.